The van der Waals surface area contributed by atoms with E-state index in [4.69, 9.17) is 9.47 Å². The topological polar surface area (TPSA) is 76.6 Å². The van der Waals surface area contributed by atoms with E-state index in [9.17, 15) is 4.79 Å². The Morgan fingerprint density at radius 2 is 2.20 bits per heavy atom. The molecule has 1 aliphatic heterocycles. The summed E-state index contributed by atoms with van der Waals surface area (Å²) in [5.74, 6) is 0.543. The van der Waals surface area contributed by atoms with Crippen molar-refractivity contribution in [3.8, 4) is 0 Å². The summed E-state index contributed by atoms with van der Waals surface area (Å²) in [6.07, 6.45) is 0. The largest absolute Gasteiger partial charge is 0.378 e. The van der Waals surface area contributed by atoms with E-state index in [-0.39, 0.29) is 12.5 Å². The van der Waals surface area contributed by atoms with Crippen LogP contribution in [0.3, 0.4) is 0 Å². The third-order valence-electron chi connectivity index (χ3n) is 2.93. The molecule has 0 unspecified atom stereocenters. The van der Waals surface area contributed by atoms with Crippen LogP contribution in [0.25, 0.3) is 0 Å². The van der Waals surface area contributed by atoms with Crippen molar-refractivity contribution >= 4 is 11.9 Å². The molecule has 0 aliphatic carbocycles. The third kappa shape index (κ3) is 4.14. The van der Waals surface area contributed by atoms with Crippen molar-refractivity contribution in [2.75, 3.05) is 44.9 Å². The van der Waals surface area contributed by atoms with E-state index >= 15 is 0 Å². The molecule has 7 nitrogen and oxygen atoms in total. The summed E-state index contributed by atoms with van der Waals surface area (Å²) in [6.45, 7) is 5.32. The Morgan fingerprint density at radius 3 is 2.90 bits per heavy atom. The summed E-state index contributed by atoms with van der Waals surface area (Å²) >= 11 is 0. The van der Waals surface area contributed by atoms with Gasteiger partial charge in [-0.2, -0.15) is 0 Å². The number of ether oxygens (including phenoxy) is 2. The molecule has 110 valence electrons. The summed E-state index contributed by atoms with van der Waals surface area (Å²) in [4.78, 5) is 22.4. The molecule has 1 fully saturated rings. The first-order chi connectivity index (χ1) is 9.69. The van der Waals surface area contributed by atoms with Crippen molar-refractivity contribution in [2.45, 2.75) is 13.5 Å². The van der Waals surface area contributed by atoms with Gasteiger partial charge in [-0.15, -0.1) is 0 Å². The van der Waals surface area contributed by atoms with E-state index in [0.29, 0.717) is 25.7 Å². The molecule has 0 bridgehead atoms. The van der Waals surface area contributed by atoms with Gasteiger partial charge in [-0.05, 0) is 13.0 Å². The van der Waals surface area contributed by atoms with Gasteiger partial charge in [0.05, 0.1) is 25.5 Å². The van der Waals surface area contributed by atoms with Crippen LogP contribution in [0.1, 0.15) is 11.4 Å². The number of nitrogens with one attached hydrogen (secondary N) is 1. The van der Waals surface area contributed by atoms with Crippen LogP contribution in [0.5, 0.6) is 0 Å². The lowest BCUT2D eigenvalue weighted by molar-refractivity contribution is -0.124. The molecule has 1 aliphatic rings. The lowest BCUT2D eigenvalue weighted by Gasteiger charge is -2.27. The molecule has 1 amide bonds. The molecule has 0 radical (unpaired) electrons. The number of hydrogen-bond donors (Lipinski definition) is 1. The number of rotatable bonds is 5. The van der Waals surface area contributed by atoms with E-state index in [2.05, 4.69) is 20.2 Å². The second-order valence-corrected chi connectivity index (χ2v) is 4.61. The summed E-state index contributed by atoms with van der Waals surface area (Å²) < 4.78 is 10.1. The molecule has 1 aromatic rings. The van der Waals surface area contributed by atoms with Gasteiger partial charge in [0.25, 0.3) is 0 Å². The lowest BCUT2D eigenvalue weighted by Crippen LogP contribution is -2.37. The fourth-order valence-corrected chi connectivity index (χ4v) is 1.98. The molecule has 1 saturated heterocycles. The number of nitrogens with zero attached hydrogens (tertiary/aromatic N) is 3. The van der Waals surface area contributed by atoms with Crippen molar-refractivity contribution in [1.82, 2.24) is 15.3 Å². The quantitative estimate of drug-likeness (QED) is 0.810. The Bertz CT molecular complexity index is 461. The Labute approximate surface area is 118 Å². The summed E-state index contributed by atoms with van der Waals surface area (Å²) in [5.41, 5.74) is 1.68. The number of morpholine rings is 1. The molecule has 0 aromatic carbocycles. The first kappa shape index (κ1) is 14.7. The minimum absolute atomic E-state index is 0.0559. The number of amides is 1. The number of aryl methyl sites for hydroxylation is 1. The molecule has 20 heavy (non-hydrogen) atoms. The summed E-state index contributed by atoms with van der Waals surface area (Å²) in [7, 11) is 1.49. The summed E-state index contributed by atoms with van der Waals surface area (Å²) in [6, 6.07) is 1.87. The molecule has 2 heterocycles. The smallest absolute Gasteiger partial charge is 0.246 e. The fraction of sp³-hybridized carbons (Fsp3) is 0.615. The fourth-order valence-electron chi connectivity index (χ4n) is 1.98. The lowest BCUT2D eigenvalue weighted by atomic mass is 10.3. The Kier molecular flexibility index (Phi) is 5.25. The van der Waals surface area contributed by atoms with Crippen molar-refractivity contribution in [1.29, 1.82) is 0 Å². The zero-order chi connectivity index (χ0) is 14.4. The Hall–Kier alpha value is -1.73. The number of carbonyl (C=O) groups excluding carboxylic acids is 1. The van der Waals surface area contributed by atoms with Gasteiger partial charge in [0.15, 0.2) is 0 Å². The van der Waals surface area contributed by atoms with Crippen molar-refractivity contribution in [2.24, 2.45) is 0 Å². The van der Waals surface area contributed by atoms with Gasteiger partial charge in [0.2, 0.25) is 11.9 Å². The molecule has 0 spiro atoms. The molecular formula is C13H20N4O3. The highest BCUT2D eigenvalue weighted by Crippen LogP contribution is 2.12. The standard InChI is InChI=1S/C13H20N4O3/c1-10-7-11(8-14-12(18)9-19-2)16-13(15-10)17-3-5-20-6-4-17/h7H,3-6,8-9H2,1-2H3,(H,14,18). The number of hydrogen-bond acceptors (Lipinski definition) is 6. The van der Waals surface area contributed by atoms with Crippen molar-refractivity contribution in [3.05, 3.63) is 17.5 Å². The van der Waals surface area contributed by atoms with Crippen LogP contribution in [0.15, 0.2) is 6.07 Å². The van der Waals surface area contributed by atoms with Crippen LogP contribution in [0, 0.1) is 6.92 Å². The monoisotopic (exact) mass is 280 g/mol. The van der Waals surface area contributed by atoms with Gasteiger partial charge in [-0.1, -0.05) is 0 Å². The van der Waals surface area contributed by atoms with Gasteiger partial charge < -0.3 is 19.7 Å². The number of carbonyl (C=O) groups is 1. The Balaban J connectivity index is 2.02. The first-order valence-corrected chi connectivity index (χ1v) is 6.62. The molecule has 1 aromatic heterocycles. The second-order valence-electron chi connectivity index (χ2n) is 4.61. The first-order valence-electron chi connectivity index (χ1n) is 6.62. The molecule has 7 heteroatoms. The minimum Gasteiger partial charge on any atom is -0.378 e. The highest BCUT2D eigenvalue weighted by atomic mass is 16.5. The predicted octanol–water partition coefficient (Wildman–Crippen LogP) is -0.116. The van der Waals surface area contributed by atoms with E-state index in [1.165, 1.54) is 7.11 Å². The van der Waals surface area contributed by atoms with E-state index in [0.717, 1.165) is 24.5 Å². The average molecular weight is 280 g/mol. The van der Waals surface area contributed by atoms with E-state index in [1.807, 2.05) is 13.0 Å². The van der Waals surface area contributed by atoms with Crippen molar-refractivity contribution in [3.63, 3.8) is 0 Å². The predicted molar refractivity (Wildman–Crippen MR) is 73.5 cm³/mol. The van der Waals surface area contributed by atoms with Gasteiger partial charge >= 0.3 is 0 Å². The highest BCUT2D eigenvalue weighted by Gasteiger charge is 2.15. The summed E-state index contributed by atoms with van der Waals surface area (Å²) in [5, 5.41) is 2.76. The van der Waals surface area contributed by atoms with Crippen LogP contribution in [-0.4, -0.2) is 55.9 Å². The maximum absolute atomic E-state index is 11.4. The van der Waals surface area contributed by atoms with Gasteiger partial charge in [0.1, 0.15) is 6.61 Å². The third-order valence-corrected chi connectivity index (χ3v) is 2.93. The van der Waals surface area contributed by atoms with Gasteiger partial charge in [0, 0.05) is 25.9 Å². The van der Waals surface area contributed by atoms with Crippen LogP contribution >= 0.6 is 0 Å². The van der Waals surface area contributed by atoms with Crippen LogP contribution in [0.4, 0.5) is 5.95 Å². The average Bonchev–Trinajstić information content (AvgIpc) is 2.46. The normalized spacial score (nSPS) is 15.2. The molecule has 2 rings (SSSR count). The number of aromatic nitrogens is 2. The van der Waals surface area contributed by atoms with E-state index in [1.54, 1.807) is 0 Å². The zero-order valence-electron chi connectivity index (χ0n) is 11.9. The van der Waals surface area contributed by atoms with Crippen molar-refractivity contribution < 1.29 is 14.3 Å². The minimum atomic E-state index is -0.156. The number of anilines is 1. The van der Waals surface area contributed by atoms with E-state index < -0.39 is 0 Å². The van der Waals surface area contributed by atoms with Gasteiger partial charge in [-0.3, -0.25) is 4.79 Å². The van der Waals surface area contributed by atoms with Crippen LogP contribution in [0.2, 0.25) is 0 Å². The highest BCUT2D eigenvalue weighted by molar-refractivity contribution is 5.77. The molecular weight excluding hydrogens is 260 g/mol. The SMILES string of the molecule is COCC(=O)NCc1cc(C)nc(N2CCOCC2)n1. The maximum Gasteiger partial charge on any atom is 0.246 e. The second kappa shape index (κ2) is 7.16. The maximum atomic E-state index is 11.4. The molecule has 0 saturated carbocycles. The number of methoxy groups -OCH3 is 1. The van der Waals surface area contributed by atoms with Gasteiger partial charge in [-0.25, -0.2) is 9.97 Å². The van der Waals surface area contributed by atoms with Crippen LogP contribution < -0.4 is 10.2 Å². The molecule has 0 atom stereocenters. The molecule has 1 N–H and O–H groups in total. The zero-order valence-corrected chi connectivity index (χ0v) is 11.9. The van der Waals surface area contributed by atoms with Crippen LogP contribution in [-0.2, 0) is 20.8 Å². The Morgan fingerprint density at radius 1 is 1.45 bits per heavy atom.